The monoisotopic (exact) mass is 225 g/mol. The van der Waals surface area contributed by atoms with Gasteiger partial charge in [-0.05, 0) is 23.6 Å². The molecule has 0 amide bonds. The summed E-state index contributed by atoms with van der Waals surface area (Å²) in [6.07, 6.45) is 1.09. The van der Waals surface area contributed by atoms with Gasteiger partial charge in [0.1, 0.15) is 5.75 Å². The fourth-order valence-electron chi connectivity index (χ4n) is 2.23. The molecule has 0 aromatic heterocycles. The van der Waals surface area contributed by atoms with Gasteiger partial charge in [0.05, 0.1) is 0 Å². The van der Waals surface area contributed by atoms with Gasteiger partial charge < -0.3 is 10.8 Å². The van der Waals surface area contributed by atoms with Crippen LogP contribution in [-0.2, 0) is 0 Å². The summed E-state index contributed by atoms with van der Waals surface area (Å²) < 4.78 is 0. The van der Waals surface area contributed by atoms with Crippen LogP contribution in [0.1, 0.15) is 17.9 Å². The van der Waals surface area contributed by atoms with Crippen LogP contribution in [-0.4, -0.2) is 11.1 Å². The molecule has 0 radical (unpaired) electrons. The Labute approximate surface area is 101 Å². The van der Waals surface area contributed by atoms with Crippen molar-refractivity contribution in [1.29, 1.82) is 0 Å². The van der Waals surface area contributed by atoms with Crippen LogP contribution in [0.25, 0.3) is 11.1 Å². The van der Waals surface area contributed by atoms with Gasteiger partial charge in [-0.25, -0.2) is 0 Å². The molecular formula is C15H15NO. The molecular weight excluding hydrogens is 210 g/mol. The van der Waals surface area contributed by atoms with Crippen LogP contribution in [0.15, 0.2) is 48.5 Å². The number of phenolic OH excluding ortho intramolecular Hbond substituents is 1. The molecule has 2 aromatic carbocycles. The van der Waals surface area contributed by atoms with Crippen molar-refractivity contribution in [2.45, 2.75) is 18.4 Å². The number of rotatable bonds is 2. The number of hydrogen-bond donors (Lipinski definition) is 2. The van der Waals surface area contributed by atoms with Crippen molar-refractivity contribution in [2.75, 3.05) is 0 Å². The third-order valence-corrected chi connectivity index (χ3v) is 3.39. The maximum atomic E-state index is 9.78. The van der Waals surface area contributed by atoms with Crippen molar-refractivity contribution in [2.24, 2.45) is 5.73 Å². The van der Waals surface area contributed by atoms with Crippen LogP contribution in [0.2, 0.25) is 0 Å². The molecule has 2 nitrogen and oxygen atoms in total. The highest BCUT2D eigenvalue weighted by molar-refractivity contribution is 5.70. The normalized spacial score (nSPS) is 22.4. The highest BCUT2D eigenvalue weighted by Gasteiger charge is 2.34. The standard InChI is InChI=1S/C15H15NO/c16-14-9-13(14)11-7-5-10(6-8-11)12-3-1-2-4-15(12)17/h1-8,13-14,17H,9,16H2/t13-,14+/m0/s1. The maximum Gasteiger partial charge on any atom is 0.123 e. The van der Waals surface area contributed by atoms with Crippen molar-refractivity contribution in [1.82, 2.24) is 0 Å². The number of benzene rings is 2. The molecule has 3 N–H and O–H groups in total. The number of phenols is 1. The SMILES string of the molecule is N[C@@H]1C[C@H]1c1ccc(-c2ccccc2O)cc1. The van der Waals surface area contributed by atoms with E-state index in [9.17, 15) is 5.11 Å². The molecule has 2 heteroatoms. The zero-order valence-corrected chi connectivity index (χ0v) is 9.51. The van der Waals surface area contributed by atoms with E-state index in [2.05, 4.69) is 24.3 Å². The lowest BCUT2D eigenvalue weighted by molar-refractivity contribution is 0.477. The molecule has 0 aliphatic heterocycles. The summed E-state index contributed by atoms with van der Waals surface area (Å²) in [4.78, 5) is 0. The predicted octanol–water partition coefficient (Wildman–Crippen LogP) is 2.87. The number of para-hydroxylation sites is 1. The zero-order chi connectivity index (χ0) is 11.8. The van der Waals surface area contributed by atoms with Crippen LogP contribution in [0.4, 0.5) is 0 Å². The fraction of sp³-hybridized carbons (Fsp3) is 0.200. The molecule has 17 heavy (non-hydrogen) atoms. The van der Waals surface area contributed by atoms with E-state index in [0.717, 1.165) is 17.5 Å². The summed E-state index contributed by atoms with van der Waals surface area (Å²) >= 11 is 0. The van der Waals surface area contributed by atoms with Gasteiger partial charge in [0.25, 0.3) is 0 Å². The minimum atomic E-state index is 0.323. The lowest BCUT2D eigenvalue weighted by Gasteiger charge is -2.05. The van der Waals surface area contributed by atoms with Gasteiger partial charge in [0.15, 0.2) is 0 Å². The fourth-order valence-corrected chi connectivity index (χ4v) is 2.23. The first-order valence-corrected chi connectivity index (χ1v) is 5.89. The molecule has 1 aliphatic rings. The minimum absolute atomic E-state index is 0.323. The zero-order valence-electron chi connectivity index (χ0n) is 9.51. The van der Waals surface area contributed by atoms with E-state index in [-0.39, 0.29) is 0 Å². The van der Waals surface area contributed by atoms with E-state index in [4.69, 9.17) is 5.73 Å². The summed E-state index contributed by atoms with van der Waals surface area (Å²) in [6.45, 7) is 0. The van der Waals surface area contributed by atoms with E-state index in [0.29, 0.717) is 17.7 Å². The van der Waals surface area contributed by atoms with Gasteiger partial charge in [-0.15, -0.1) is 0 Å². The molecule has 1 saturated carbocycles. The highest BCUT2D eigenvalue weighted by Crippen LogP contribution is 2.39. The number of nitrogens with two attached hydrogens (primary N) is 1. The molecule has 2 aromatic rings. The molecule has 3 rings (SSSR count). The summed E-state index contributed by atoms with van der Waals surface area (Å²) in [5, 5.41) is 9.78. The van der Waals surface area contributed by atoms with E-state index >= 15 is 0 Å². The molecule has 1 aliphatic carbocycles. The number of aromatic hydroxyl groups is 1. The van der Waals surface area contributed by atoms with Crippen LogP contribution in [0, 0.1) is 0 Å². The average Bonchev–Trinajstić information content (AvgIpc) is 3.07. The Kier molecular flexibility index (Phi) is 2.37. The van der Waals surface area contributed by atoms with Gasteiger partial charge in [-0.3, -0.25) is 0 Å². The van der Waals surface area contributed by atoms with Gasteiger partial charge >= 0.3 is 0 Å². The van der Waals surface area contributed by atoms with Crippen molar-refractivity contribution in [3.8, 4) is 16.9 Å². The second-order valence-corrected chi connectivity index (χ2v) is 4.65. The Balaban J connectivity index is 1.92. The smallest absolute Gasteiger partial charge is 0.123 e. The Bertz CT molecular complexity index is 533. The summed E-state index contributed by atoms with van der Waals surface area (Å²) in [7, 11) is 0. The lowest BCUT2D eigenvalue weighted by Crippen LogP contribution is -2.00. The van der Waals surface area contributed by atoms with Gasteiger partial charge in [0.2, 0.25) is 0 Å². The second-order valence-electron chi connectivity index (χ2n) is 4.65. The third-order valence-electron chi connectivity index (χ3n) is 3.39. The molecule has 0 unspecified atom stereocenters. The van der Waals surface area contributed by atoms with Gasteiger partial charge in [-0.2, -0.15) is 0 Å². The quantitative estimate of drug-likeness (QED) is 0.825. The molecule has 0 spiro atoms. The Morgan fingerprint density at radius 3 is 2.24 bits per heavy atom. The first-order valence-electron chi connectivity index (χ1n) is 5.89. The van der Waals surface area contributed by atoms with E-state index in [1.807, 2.05) is 18.2 Å². The van der Waals surface area contributed by atoms with Gasteiger partial charge in [-0.1, -0.05) is 42.5 Å². The van der Waals surface area contributed by atoms with Crippen LogP contribution >= 0.6 is 0 Å². The van der Waals surface area contributed by atoms with E-state index < -0.39 is 0 Å². The predicted molar refractivity (Wildman–Crippen MR) is 68.9 cm³/mol. The average molecular weight is 225 g/mol. The van der Waals surface area contributed by atoms with Crippen LogP contribution < -0.4 is 5.73 Å². The maximum absolute atomic E-state index is 9.78. The summed E-state index contributed by atoms with van der Waals surface area (Å²) in [5.74, 6) is 0.858. The first-order chi connectivity index (χ1) is 8.25. The Morgan fingerprint density at radius 2 is 1.65 bits per heavy atom. The molecule has 0 heterocycles. The Hall–Kier alpha value is -1.80. The minimum Gasteiger partial charge on any atom is -0.507 e. The van der Waals surface area contributed by atoms with E-state index in [1.165, 1.54) is 5.56 Å². The Morgan fingerprint density at radius 1 is 1.00 bits per heavy atom. The van der Waals surface area contributed by atoms with Crippen LogP contribution in [0.5, 0.6) is 5.75 Å². The molecule has 86 valence electrons. The van der Waals surface area contributed by atoms with Gasteiger partial charge in [0, 0.05) is 17.5 Å². The lowest BCUT2D eigenvalue weighted by atomic mass is 10.0. The summed E-state index contributed by atoms with van der Waals surface area (Å²) in [5.41, 5.74) is 9.05. The first kappa shape index (κ1) is 10.4. The van der Waals surface area contributed by atoms with Crippen molar-refractivity contribution in [3.63, 3.8) is 0 Å². The second kappa shape index (κ2) is 3.90. The van der Waals surface area contributed by atoms with Crippen molar-refractivity contribution < 1.29 is 5.11 Å². The molecule has 0 saturated heterocycles. The molecule has 1 fully saturated rings. The molecule has 0 bridgehead atoms. The van der Waals surface area contributed by atoms with Crippen molar-refractivity contribution in [3.05, 3.63) is 54.1 Å². The molecule has 2 atom stereocenters. The topological polar surface area (TPSA) is 46.2 Å². The summed E-state index contributed by atoms with van der Waals surface area (Å²) in [6, 6.07) is 16.1. The van der Waals surface area contributed by atoms with E-state index in [1.54, 1.807) is 6.07 Å². The highest BCUT2D eigenvalue weighted by atomic mass is 16.3. The third kappa shape index (κ3) is 1.92. The largest absolute Gasteiger partial charge is 0.507 e. The van der Waals surface area contributed by atoms with Crippen LogP contribution in [0.3, 0.4) is 0 Å². The number of hydrogen-bond acceptors (Lipinski definition) is 2. The van der Waals surface area contributed by atoms with Crippen molar-refractivity contribution >= 4 is 0 Å².